The minimum absolute atomic E-state index is 0.200. The van der Waals surface area contributed by atoms with E-state index >= 15 is 0 Å². The van der Waals surface area contributed by atoms with Gasteiger partial charge in [-0.15, -0.1) is 21.5 Å². The van der Waals surface area contributed by atoms with E-state index in [1.165, 1.54) is 11.3 Å². The number of amides is 1. The monoisotopic (exact) mass is 332 g/mol. The van der Waals surface area contributed by atoms with E-state index in [4.69, 9.17) is 0 Å². The van der Waals surface area contributed by atoms with Crippen molar-refractivity contribution in [1.82, 2.24) is 15.5 Å². The van der Waals surface area contributed by atoms with Crippen LogP contribution in [0, 0.1) is 0 Å². The van der Waals surface area contributed by atoms with Crippen molar-refractivity contribution < 1.29 is 4.79 Å². The number of carbonyl (C=O) groups is 1. The molecule has 2 N–H and O–H groups in total. The summed E-state index contributed by atoms with van der Waals surface area (Å²) >= 11 is 6.20. The van der Waals surface area contributed by atoms with Gasteiger partial charge in [-0.05, 0) is 28.1 Å². The fraction of sp³-hybridized carbons (Fsp3) is 0.222. The minimum Gasteiger partial charge on any atom is -0.363 e. The number of nitrogens with one attached hydrogen (secondary N) is 2. The molecular weight excluding hydrogens is 324 g/mol. The average molecular weight is 333 g/mol. The molecule has 0 aliphatic carbocycles. The summed E-state index contributed by atoms with van der Waals surface area (Å²) in [7, 11) is 1.74. The van der Waals surface area contributed by atoms with Gasteiger partial charge < -0.3 is 10.6 Å². The maximum atomic E-state index is 11.7. The lowest BCUT2D eigenvalue weighted by Gasteiger charge is -1.99. The highest BCUT2D eigenvalue weighted by Gasteiger charge is 2.12. The number of halogens is 1. The van der Waals surface area contributed by atoms with Crippen molar-refractivity contribution in [3.8, 4) is 0 Å². The molecule has 8 heteroatoms. The van der Waals surface area contributed by atoms with Crippen molar-refractivity contribution in [3.05, 3.63) is 25.8 Å². The van der Waals surface area contributed by atoms with Gasteiger partial charge in [0, 0.05) is 11.9 Å². The van der Waals surface area contributed by atoms with E-state index in [-0.39, 0.29) is 5.91 Å². The van der Waals surface area contributed by atoms with Gasteiger partial charge in [-0.1, -0.05) is 11.3 Å². The molecule has 0 bridgehead atoms. The van der Waals surface area contributed by atoms with E-state index in [1.807, 2.05) is 12.1 Å². The molecule has 1 amide bonds. The standard InChI is InChI=1S/C9H9BrN4OS2/c1-11-9-14-13-8(17-9)7(15)12-4-5-2-3-6(10)16-5/h2-3H,4H2,1H3,(H,11,14)(H,12,15). The van der Waals surface area contributed by atoms with E-state index in [0.29, 0.717) is 16.7 Å². The highest BCUT2D eigenvalue weighted by molar-refractivity contribution is 9.11. The number of hydrogen-bond donors (Lipinski definition) is 2. The fourth-order valence-electron chi connectivity index (χ4n) is 1.11. The molecule has 0 spiro atoms. The predicted molar refractivity (Wildman–Crippen MR) is 72.6 cm³/mol. The first-order valence-corrected chi connectivity index (χ1v) is 7.15. The Labute approximate surface area is 114 Å². The molecule has 0 radical (unpaired) electrons. The van der Waals surface area contributed by atoms with Crippen LogP contribution in [-0.4, -0.2) is 23.2 Å². The Morgan fingerprint density at radius 2 is 2.24 bits per heavy atom. The molecule has 0 fully saturated rings. The quantitative estimate of drug-likeness (QED) is 0.901. The smallest absolute Gasteiger partial charge is 0.282 e. The number of aromatic nitrogens is 2. The summed E-state index contributed by atoms with van der Waals surface area (Å²) in [5, 5.41) is 14.2. The zero-order chi connectivity index (χ0) is 12.3. The number of carbonyl (C=O) groups excluding carboxylic acids is 1. The second-order valence-corrected chi connectivity index (χ2v) is 6.58. The van der Waals surface area contributed by atoms with Crippen molar-refractivity contribution in [2.45, 2.75) is 6.54 Å². The fourth-order valence-corrected chi connectivity index (χ4v) is 3.14. The molecule has 0 atom stereocenters. The number of rotatable bonds is 4. The molecule has 2 rings (SSSR count). The van der Waals surface area contributed by atoms with Gasteiger partial charge >= 0.3 is 0 Å². The van der Waals surface area contributed by atoms with Gasteiger partial charge in [0.1, 0.15) is 0 Å². The van der Waals surface area contributed by atoms with Gasteiger partial charge in [-0.3, -0.25) is 4.79 Å². The van der Waals surface area contributed by atoms with Gasteiger partial charge in [0.15, 0.2) is 0 Å². The van der Waals surface area contributed by atoms with Crippen LogP contribution in [0.25, 0.3) is 0 Å². The Morgan fingerprint density at radius 1 is 1.41 bits per heavy atom. The van der Waals surface area contributed by atoms with Crippen LogP contribution in [0.2, 0.25) is 0 Å². The van der Waals surface area contributed by atoms with E-state index in [1.54, 1.807) is 18.4 Å². The minimum atomic E-state index is -0.200. The zero-order valence-corrected chi connectivity index (χ0v) is 12.1. The normalized spacial score (nSPS) is 10.2. The largest absolute Gasteiger partial charge is 0.363 e. The lowest BCUT2D eigenvalue weighted by Crippen LogP contribution is -2.22. The van der Waals surface area contributed by atoms with Gasteiger partial charge in [0.2, 0.25) is 10.1 Å². The molecule has 0 aromatic carbocycles. The van der Waals surface area contributed by atoms with Crippen LogP contribution in [0.1, 0.15) is 14.7 Å². The molecule has 0 saturated carbocycles. The summed E-state index contributed by atoms with van der Waals surface area (Å²) in [6.07, 6.45) is 0. The second-order valence-electron chi connectivity index (χ2n) is 3.05. The third-order valence-electron chi connectivity index (χ3n) is 1.89. The Balaban J connectivity index is 1.93. The third-order valence-corrected chi connectivity index (χ3v) is 4.45. The van der Waals surface area contributed by atoms with E-state index in [2.05, 4.69) is 36.8 Å². The van der Waals surface area contributed by atoms with E-state index in [9.17, 15) is 4.79 Å². The third kappa shape index (κ3) is 3.24. The molecular formula is C9H9BrN4OS2. The van der Waals surface area contributed by atoms with Crippen LogP contribution >= 0.6 is 38.6 Å². The second kappa shape index (κ2) is 5.56. The highest BCUT2D eigenvalue weighted by Crippen LogP contribution is 2.22. The van der Waals surface area contributed by atoms with Crippen molar-refractivity contribution >= 4 is 49.6 Å². The maximum absolute atomic E-state index is 11.7. The molecule has 0 unspecified atom stereocenters. The number of hydrogen-bond acceptors (Lipinski definition) is 6. The summed E-state index contributed by atoms with van der Waals surface area (Å²) in [6, 6.07) is 3.92. The molecule has 90 valence electrons. The van der Waals surface area contributed by atoms with Crippen molar-refractivity contribution in [3.63, 3.8) is 0 Å². The first kappa shape index (κ1) is 12.5. The van der Waals surface area contributed by atoms with Crippen LogP contribution < -0.4 is 10.6 Å². The summed E-state index contributed by atoms with van der Waals surface area (Å²) in [4.78, 5) is 12.8. The SMILES string of the molecule is CNc1nnc(C(=O)NCc2ccc(Br)s2)s1. The van der Waals surface area contributed by atoms with Crippen LogP contribution in [0.5, 0.6) is 0 Å². The Kier molecular flexibility index (Phi) is 4.08. The molecule has 0 aliphatic heterocycles. The summed E-state index contributed by atoms with van der Waals surface area (Å²) in [5.41, 5.74) is 0. The summed E-state index contributed by atoms with van der Waals surface area (Å²) < 4.78 is 1.05. The first-order valence-electron chi connectivity index (χ1n) is 4.72. The van der Waals surface area contributed by atoms with Crippen LogP contribution in [-0.2, 0) is 6.54 Å². The Hall–Kier alpha value is -0.990. The zero-order valence-electron chi connectivity index (χ0n) is 8.86. The van der Waals surface area contributed by atoms with Gasteiger partial charge in [0.05, 0.1) is 10.3 Å². The molecule has 2 aromatic rings. The molecule has 17 heavy (non-hydrogen) atoms. The van der Waals surface area contributed by atoms with Crippen LogP contribution in [0.4, 0.5) is 5.13 Å². The van der Waals surface area contributed by atoms with E-state index < -0.39 is 0 Å². The molecule has 0 aliphatic rings. The summed E-state index contributed by atoms with van der Waals surface area (Å²) in [6.45, 7) is 0.504. The number of anilines is 1. The number of nitrogens with zero attached hydrogens (tertiary/aromatic N) is 2. The van der Waals surface area contributed by atoms with Gasteiger partial charge in [-0.25, -0.2) is 0 Å². The lowest BCUT2D eigenvalue weighted by atomic mass is 10.4. The predicted octanol–water partition coefficient (Wildman–Crippen LogP) is 2.33. The molecule has 5 nitrogen and oxygen atoms in total. The van der Waals surface area contributed by atoms with Crippen molar-refractivity contribution in [1.29, 1.82) is 0 Å². The summed E-state index contributed by atoms with van der Waals surface area (Å²) in [5.74, 6) is -0.200. The van der Waals surface area contributed by atoms with E-state index in [0.717, 1.165) is 8.66 Å². The van der Waals surface area contributed by atoms with Gasteiger partial charge in [0.25, 0.3) is 5.91 Å². The van der Waals surface area contributed by atoms with Crippen molar-refractivity contribution in [2.24, 2.45) is 0 Å². The average Bonchev–Trinajstić information content (AvgIpc) is 2.94. The maximum Gasteiger partial charge on any atom is 0.282 e. The molecule has 2 aromatic heterocycles. The topological polar surface area (TPSA) is 66.9 Å². The first-order chi connectivity index (χ1) is 8.19. The van der Waals surface area contributed by atoms with Crippen molar-refractivity contribution in [2.75, 3.05) is 12.4 Å². The van der Waals surface area contributed by atoms with Crippen LogP contribution in [0.3, 0.4) is 0 Å². The number of thiophene rings is 1. The molecule has 0 saturated heterocycles. The Bertz CT molecular complexity index is 525. The van der Waals surface area contributed by atoms with Crippen LogP contribution in [0.15, 0.2) is 15.9 Å². The molecule has 2 heterocycles. The highest BCUT2D eigenvalue weighted by atomic mass is 79.9. The van der Waals surface area contributed by atoms with Gasteiger partial charge in [-0.2, -0.15) is 0 Å². The Morgan fingerprint density at radius 3 is 2.82 bits per heavy atom. The lowest BCUT2D eigenvalue weighted by molar-refractivity contribution is 0.0950.